The van der Waals surface area contributed by atoms with E-state index in [1.54, 1.807) is 36.4 Å². The molecule has 0 spiro atoms. The summed E-state index contributed by atoms with van der Waals surface area (Å²) < 4.78 is 5.41. The predicted molar refractivity (Wildman–Crippen MR) is 384 cm³/mol. The van der Waals surface area contributed by atoms with E-state index >= 15 is 0 Å². The van der Waals surface area contributed by atoms with Crippen molar-refractivity contribution in [2.24, 2.45) is 0 Å². The summed E-state index contributed by atoms with van der Waals surface area (Å²) >= 11 is 0. The summed E-state index contributed by atoms with van der Waals surface area (Å²) in [7, 11) is 0. The van der Waals surface area contributed by atoms with Gasteiger partial charge in [-0.3, -0.25) is 24.0 Å². The number of carbonyl (C=O) groups is 5. The molecule has 0 bridgehead atoms. The van der Waals surface area contributed by atoms with Crippen molar-refractivity contribution in [3.8, 4) is 11.5 Å². The number of benzene rings is 2. The first kappa shape index (κ1) is 76.7. The van der Waals surface area contributed by atoms with E-state index in [1.165, 1.54) is 6.92 Å². The van der Waals surface area contributed by atoms with Crippen LogP contribution in [0, 0.1) is 20.8 Å². The van der Waals surface area contributed by atoms with Crippen molar-refractivity contribution in [3.63, 3.8) is 0 Å². The van der Waals surface area contributed by atoms with E-state index < -0.39 is 30.0 Å². The minimum absolute atomic E-state index is 0.0120. The standard InChI is InChI=1S/C50H52N6O4.C30H42N2O6/c1-5-51-47(57)43-30-38(3)31-44(55-43)48(58)52-35-41-26-18-10-12-20-28-42(29-21-13-11-19-27-41)36-54-50(60)46-33-39(4)32-45(56-46)49(59)53-34-40-24-16-8-6-14-22-37(2)23-15-7-9-17-25-40;1-5-12-31(13-6-2)23-17-24(34)27(25(35)18-23)28-29(36)26(30(28)37)21-8-10-22(11-9-21)32(14-7-3)15-16-38-19-20(4)33/h6-33H,5,34-36H2,1-4H3,(H,51,57)(H,52,58)(H,53,59)(H,54,60);8-11,17-18,26,28-30,34-35H,5-7,12-16,19H2,1-4H3/q;-2. The van der Waals surface area contributed by atoms with Crippen LogP contribution in [0.15, 0.2) is 206 Å². The van der Waals surface area contributed by atoms with E-state index in [1.807, 2.05) is 198 Å². The summed E-state index contributed by atoms with van der Waals surface area (Å²) in [6, 6.07) is 63.0. The zero-order valence-corrected chi connectivity index (χ0v) is 57.6. The van der Waals surface area contributed by atoms with Crippen molar-refractivity contribution in [2.75, 3.05) is 55.7 Å². The van der Waals surface area contributed by atoms with E-state index in [2.05, 4.69) is 61.8 Å². The molecule has 18 heteroatoms. The zero-order valence-electron chi connectivity index (χ0n) is 57.6. The second-order valence-corrected chi connectivity index (χ2v) is 23.8. The Balaban J connectivity index is 0.000000342. The van der Waals surface area contributed by atoms with Crippen LogP contribution in [-0.2, 0) is 29.2 Å². The van der Waals surface area contributed by atoms with Gasteiger partial charge >= 0.3 is 0 Å². The Morgan fingerprint density at radius 1 is 0.439 bits per heavy atom. The third kappa shape index (κ3) is 24.7. The van der Waals surface area contributed by atoms with Gasteiger partial charge in [-0.25, -0.2) is 9.97 Å². The highest BCUT2D eigenvalue weighted by Gasteiger charge is 2.41. The quantitative estimate of drug-likeness (QED) is 0.0276. The van der Waals surface area contributed by atoms with Gasteiger partial charge in [-0.05, 0) is 135 Å². The Morgan fingerprint density at radius 2 is 0.786 bits per heavy atom. The number of hydrogen-bond donors (Lipinski definition) is 6. The third-order valence-corrected chi connectivity index (χ3v) is 15.6. The Morgan fingerprint density at radius 3 is 1.13 bits per heavy atom. The average molecular weight is 1330 g/mol. The smallest absolute Gasteiger partial charge is 0.270 e. The first-order chi connectivity index (χ1) is 47.3. The first-order valence-electron chi connectivity index (χ1n) is 33.5. The van der Waals surface area contributed by atoms with Crippen LogP contribution in [0.3, 0.4) is 0 Å². The molecular weight excluding hydrogens is 1230 g/mol. The molecule has 516 valence electrons. The van der Waals surface area contributed by atoms with Gasteiger partial charge in [0, 0.05) is 81.4 Å². The number of ether oxygens (including phenoxy) is 1. The number of phenolic OH excluding ortho intramolecular Hbond substituents is 2. The van der Waals surface area contributed by atoms with E-state index in [0.717, 1.165) is 78.0 Å². The highest BCUT2D eigenvalue weighted by molar-refractivity contribution is 5.97. The number of aryl methyl sites for hydroxylation is 3. The molecule has 7 rings (SSSR count). The number of hydrogen-bond acceptors (Lipinski definition) is 14. The molecular formula is C80H94N8O10-2. The van der Waals surface area contributed by atoms with Crippen LogP contribution < -0.4 is 41.3 Å². The lowest BCUT2D eigenvalue weighted by Crippen LogP contribution is -2.63. The number of aromatic nitrogens is 2. The number of nitrogens with one attached hydrogen (secondary N) is 4. The number of anilines is 2. The van der Waals surface area contributed by atoms with Gasteiger partial charge in [-0.2, -0.15) is 0 Å². The fraction of sp³-hybridized carbons (Fsp3) is 0.312. The first-order valence-corrected chi connectivity index (χ1v) is 33.5. The van der Waals surface area contributed by atoms with Crippen LogP contribution in [0.2, 0.25) is 0 Å². The van der Waals surface area contributed by atoms with Crippen molar-refractivity contribution in [1.82, 2.24) is 31.2 Å². The molecule has 0 saturated heterocycles. The maximum Gasteiger partial charge on any atom is 0.270 e. The summed E-state index contributed by atoms with van der Waals surface area (Å²) in [5.74, 6) is -3.66. The lowest BCUT2D eigenvalue weighted by molar-refractivity contribution is -0.536. The second kappa shape index (κ2) is 41.0. The van der Waals surface area contributed by atoms with Crippen molar-refractivity contribution >= 4 is 40.8 Å². The zero-order chi connectivity index (χ0) is 70.8. The Kier molecular flexibility index (Phi) is 32.1. The summed E-state index contributed by atoms with van der Waals surface area (Å²) in [4.78, 5) is 75.8. The molecule has 0 aliphatic heterocycles. The van der Waals surface area contributed by atoms with Gasteiger partial charge in [-0.1, -0.05) is 184 Å². The number of aromatic hydroxyl groups is 2. The Bertz CT molecular complexity index is 3790. The molecule has 6 N–H and O–H groups in total. The fourth-order valence-electron chi connectivity index (χ4n) is 10.8. The molecule has 2 heterocycles. The van der Waals surface area contributed by atoms with Crippen molar-refractivity contribution in [3.05, 3.63) is 274 Å². The monoisotopic (exact) mass is 1330 g/mol. The van der Waals surface area contributed by atoms with Gasteiger partial charge < -0.3 is 56.2 Å². The van der Waals surface area contributed by atoms with Gasteiger partial charge in [0.2, 0.25) is 0 Å². The molecule has 1 aliphatic rings. The molecule has 2 atom stereocenters. The van der Waals surface area contributed by atoms with E-state index in [-0.39, 0.29) is 89.6 Å². The van der Waals surface area contributed by atoms with Crippen molar-refractivity contribution in [1.29, 1.82) is 0 Å². The predicted octanol–water partition coefficient (Wildman–Crippen LogP) is 11.3. The van der Waals surface area contributed by atoms with Gasteiger partial charge in [0.15, 0.2) is 5.78 Å². The minimum Gasteiger partial charge on any atom is -0.851 e. The molecule has 4 aromatic carbocycles. The van der Waals surface area contributed by atoms with Crippen LogP contribution in [0.5, 0.6) is 11.5 Å². The molecule has 18 nitrogen and oxygen atoms in total. The molecule has 1 fully saturated rings. The SMILES string of the molecule is CCCN(CCC)c1cc(O)c(C2C([O-])C(c3ccc(N(CCC)CCOCC(C)=O)cc3)C2[O-])c(O)c1.CCNC(=O)c1cc(C)cc(C(=O)NCc2ccccccc(CNC(=O)c3cc(C)cc(C(=O)NCc4ccccccc(C)cccccc4)n3)cccccc2)n1. The van der Waals surface area contributed by atoms with Crippen LogP contribution >= 0.6 is 0 Å². The topological polar surface area (TPSA) is 262 Å². The highest BCUT2D eigenvalue weighted by Crippen LogP contribution is 2.51. The second-order valence-electron chi connectivity index (χ2n) is 23.8. The molecule has 4 amide bonds. The molecule has 98 heavy (non-hydrogen) atoms. The van der Waals surface area contributed by atoms with Crippen LogP contribution in [0.4, 0.5) is 11.4 Å². The number of Topliss-reactive ketones (excluding diaryl/α,β-unsaturated/α-hetero) is 1. The maximum absolute atomic E-state index is 13.3. The van der Waals surface area contributed by atoms with Crippen LogP contribution in [-0.4, -0.2) is 108 Å². The average Bonchev–Trinajstić information content (AvgIpc) is 0.737. The third-order valence-electron chi connectivity index (χ3n) is 15.6. The van der Waals surface area contributed by atoms with E-state index in [9.17, 15) is 44.4 Å². The Labute approximate surface area is 577 Å². The number of phenols is 2. The summed E-state index contributed by atoms with van der Waals surface area (Å²) in [6.45, 7) is 19.9. The fourth-order valence-corrected chi connectivity index (χ4v) is 10.8. The van der Waals surface area contributed by atoms with E-state index in [0.29, 0.717) is 30.9 Å². The number of ketones is 1. The number of rotatable bonds is 26. The number of pyridine rings is 2. The van der Waals surface area contributed by atoms with Crippen molar-refractivity contribution < 1.29 is 49.1 Å². The molecule has 2 aromatic heterocycles. The summed E-state index contributed by atoms with van der Waals surface area (Å²) in [5.41, 5.74) is 8.20. The molecule has 2 unspecified atom stereocenters. The van der Waals surface area contributed by atoms with Crippen molar-refractivity contribution in [2.45, 2.75) is 118 Å². The number of amides is 4. The Hall–Kier alpha value is -10.3. The van der Waals surface area contributed by atoms with Gasteiger partial charge in [0.1, 0.15) is 40.9 Å². The number of nitrogens with zero attached hydrogens (tertiary/aromatic N) is 4. The highest BCUT2D eigenvalue weighted by atomic mass is 16.5. The lowest BCUT2D eigenvalue weighted by Gasteiger charge is -2.61. The minimum atomic E-state index is -1.26. The summed E-state index contributed by atoms with van der Waals surface area (Å²) in [6.07, 6.45) is 0.244. The molecule has 1 aliphatic carbocycles. The molecule has 1 saturated carbocycles. The van der Waals surface area contributed by atoms with Gasteiger partial charge in [-0.15, -0.1) is 12.2 Å². The van der Waals surface area contributed by atoms with Crippen LogP contribution in [0.1, 0.15) is 152 Å². The van der Waals surface area contributed by atoms with Crippen LogP contribution in [0.25, 0.3) is 0 Å². The summed E-state index contributed by atoms with van der Waals surface area (Å²) in [5, 5.41) is 59.5. The molecule has 6 aromatic rings. The van der Waals surface area contributed by atoms with Gasteiger partial charge in [0.25, 0.3) is 23.6 Å². The van der Waals surface area contributed by atoms with E-state index in [4.69, 9.17) is 4.74 Å². The number of carbonyl (C=O) groups excluding carboxylic acids is 5. The normalized spacial score (nSPS) is 14.1. The van der Waals surface area contributed by atoms with Gasteiger partial charge in [0.05, 0.1) is 6.61 Å². The largest absolute Gasteiger partial charge is 0.851 e. The lowest BCUT2D eigenvalue weighted by atomic mass is 9.63. The maximum atomic E-state index is 13.3. The molecule has 0 radical (unpaired) electrons.